The Morgan fingerprint density at radius 1 is 1.18 bits per heavy atom. The summed E-state index contributed by atoms with van der Waals surface area (Å²) >= 11 is 1.16. The molecular weight excluding hydrogens is 413 g/mol. The summed E-state index contributed by atoms with van der Waals surface area (Å²) in [6.07, 6.45) is -2.93. The number of ether oxygens (including phenoxy) is 1. The molecule has 148 valence electrons. The zero-order valence-corrected chi connectivity index (χ0v) is 16.2. The molecule has 0 amide bonds. The normalized spacial score (nSPS) is 11.6. The van der Waals surface area contributed by atoms with Gasteiger partial charge >= 0.3 is 0 Å². The fraction of sp³-hybridized carbons (Fsp3) is 0.167. The fourth-order valence-corrected chi connectivity index (χ4v) is 4.60. The Bertz CT molecular complexity index is 1040. The zero-order valence-electron chi connectivity index (χ0n) is 14.6. The van der Waals surface area contributed by atoms with E-state index < -0.39 is 32.7 Å². The number of thiazole rings is 1. The number of nitrogens with zero attached hydrogens (tertiary/aromatic N) is 2. The molecule has 1 aromatic heterocycles. The van der Waals surface area contributed by atoms with Crippen LogP contribution in [-0.2, 0) is 16.6 Å². The van der Waals surface area contributed by atoms with E-state index in [4.69, 9.17) is 4.74 Å². The minimum atomic E-state index is -4.49. The molecule has 0 fully saturated rings. The van der Waals surface area contributed by atoms with Crippen molar-refractivity contribution < 1.29 is 26.3 Å². The number of halogens is 3. The van der Waals surface area contributed by atoms with Crippen LogP contribution in [0.25, 0.3) is 0 Å². The summed E-state index contributed by atoms with van der Waals surface area (Å²) in [5, 5.41) is 1.48. The van der Waals surface area contributed by atoms with Gasteiger partial charge in [-0.1, -0.05) is 18.2 Å². The highest BCUT2D eigenvalue weighted by molar-refractivity contribution is 7.92. The highest BCUT2D eigenvalue weighted by Gasteiger charge is 2.30. The summed E-state index contributed by atoms with van der Waals surface area (Å²) in [5.74, 6) is -0.454. The van der Waals surface area contributed by atoms with Crippen molar-refractivity contribution in [3.8, 4) is 5.75 Å². The Morgan fingerprint density at radius 2 is 1.89 bits per heavy atom. The lowest BCUT2D eigenvalue weighted by molar-refractivity contribution is 0.151. The minimum absolute atomic E-state index is 0.0719. The lowest BCUT2D eigenvalue weighted by atomic mass is 10.2. The molecule has 0 atom stereocenters. The maximum absolute atomic E-state index is 14.3. The van der Waals surface area contributed by atoms with E-state index in [-0.39, 0.29) is 12.4 Å². The first-order valence-electron chi connectivity index (χ1n) is 7.94. The van der Waals surface area contributed by atoms with E-state index in [1.54, 1.807) is 24.3 Å². The van der Waals surface area contributed by atoms with Gasteiger partial charge in [-0.3, -0.25) is 0 Å². The Labute approximate surface area is 164 Å². The Morgan fingerprint density at radius 3 is 2.46 bits per heavy atom. The molecule has 0 spiro atoms. The monoisotopic (exact) mass is 428 g/mol. The van der Waals surface area contributed by atoms with Crippen molar-refractivity contribution in [1.29, 1.82) is 0 Å². The van der Waals surface area contributed by atoms with Gasteiger partial charge in [0.1, 0.15) is 16.5 Å². The van der Waals surface area contributed by atoms with Crippen molar-refractivity contribution in [2.75, 3.05) is 11.4 Å². The summed E-state index contributed by atoms with van der Waals surface area (Å²) in [6.45, 7) is -0.158. The summed E-state index contributed by atoms with van der Waals surface area (Å²) in [5.41, 5.74) is 1.43. The summed E-state index contributed by atoms with van der Waals surface area (Å²) in [4.78, 5) is 3.17. The second-order valence-corrected chi connectivity index (χ2v) is 8.25. The summed E-state index contributed by atoms with van der Waals surface area (Å²) in [7, 11) is -2.99. The maximum atomic E-state index is 14.3. The third kappa shape index (κ3) is 4.12. The van der Waals surface area contributed by atoms with E-state index in [0.29, 0.717) is 17.4 Å². The number of rotatable bonds is 7. The molecule has 3 aromatic rings. The van der Waals surface area contributed by atoms with E-state index in [1.807, 2.05) is 0 Å². The van der Waals surface area contributed by atoms with E-state index in [2.05, 4.69) is 4.98 Å². The average Bonchev–Trinajstić information content (AvgIpc) is 3.20. The van der Waals surface area contributed by atoms with Gasteiger partial charge in [-0.15, -0.1) is 11.3 Å². The molecule has 0 aliphatic carbocycles. The van der Waals surface area contributed by atoms with Crippen LogP contribution in [0, 0.1) is 5.82 Å². The number of alkyl halides is 2. The first-order chi connectivity index (χ1) is 13.3. The van der Waals surface area contributed by atoms with E-state index in [9.17, 15) is 21.6 Å². The van der Waals surface area contributed by atoms with Crippen molar-refractivity contribution in [2.45, 2.75) is 17.9 Å². The number of sulfonamides is 1. The topological polar surface area (TPSA) is 59.5 Å². The van der Waals surface area contributed by atoms with E-state index >= 15 is 0 Å². The highest BCUT2D eigenvalue weighted by Crippen LogP contribution is 2.30. The molecule has 10 heteroatoms. The van der Waals surface area contributed by atoms with E-state index in [0.717, 1.165) is 27.8 Å². The van der Waals surface area contributed by atoms with Gasteiger partial charge in [-0.05, 0) is 29.8 Å². The molecule has 0 aliphatic heterocycles. The molecule has 1 heterocycles. The van der Waals surface area contributed by atoms with Crippen LogP contribution in [0.15, 0.2) is 58.3 Å². The Kier molecular flexibility index (Phi) is 5.90. The van der Waals surface area contributed by atoms with Crippen molar-refractivity contribution in [1.82, 2.24) is 4.98 Å². The fourth-order valence-electron chi connectivity index (χ4n) is 2.49. The van der Waals surface area contributed by atoms with Crippen LogP contribution in [-0.4, -0.2) is 20.5 Å². The van der Waals surface area contributed by atoms with Gasteiger partial charge in [0.25, 0.3) is 16.4 Å². The minimum Gasteiger partial charge on any atom is -0.497 e. The molecule has 0 radical (unpaired) electrons. The van der Waals surface area contributed by atoms with Gasteiger partial charge in [-0.25, -0.2) is 30.9 Å². The molecular formula is C18H15F3N2O3S2. The van der Waals surface area contributed by atoms with Crippen LogP contribution in [0.2, 0.25) is 0 Å². The van der Waals surface area contributed by atoms with Gasteiger partial charge in [0.15, 0.2) is 5.82 Å². The average molecular weight is 428 g/mol. The first-order valence-corrected chi connectivity index (χ1v) is 10.3. The van der Waals surface area contributed by atoms with Crippen LogP contribution >= 0.6 is 11.3 Å². The van der Waals surface area contributed by atoms with Gasteiger partial charge in [0.2, 0.25) is 0 Å². The zero-order chi connectivity index (χ0) is 20.3. The molecule has 28 heavy (non-hydrogen) atoms. The lowest BCUT2D eigenvalue weighted by Crippen LogP contribution is -2.31. The van der Waals surface area contributed by atoms with Crippen molar-refractivity contribution in [3.63, 3.8) is 0 Å². The molecule has 3 rings (SSSR count). The van der Waals surface area contributed by atoms with Crippen molar-refractivity contribution in [2.24, 2.45) is 0 Å². The molecule has 0 saturated heterocycles. The molecule has 2 aromatic carbocycles. The van der Waals surface area contributed by atoms with Crippen LogP contribution in [0.5, 0.6) is 5.75 Å². The molecule has 0 saturated carbocycles. The van der Waals surface area contributed by atoms with Crippen molar-refractivity contribution in [3.05, 3.63) is 70.3 Å². The number of methoxy groups -OCH3 is 1. The largest absolute Gasteiger partial charge is 0.497 e. The number of benzene rings is 2. The lowest BCUT2D eigenvalue weighted by Gasteiger charge is -2.23. The molecule has 5 nitrogen and oxygen atoms in total. The number of anilines is 1. The highest BCUT2D eigenvalue weighted by atomic mass is 32.2. The molecule has 0 bridgehead atoms. The standard InChI is InChI=1S/C18H15F3N2O3S2/c1-26-14-5-2-12(3-6-14)9-23(17-10-27-11-22-17)28(24,25)16-8-13(18(20)21)4-7-15(16)19/h2-8,10-11,18H,9H2,1H3. The van der Waals surface area contributed by atoms with E-state index in [1.165, 1.54) is 18.0 Å². The SMILES string of the molecule is COc1ccc(CN(c2cscn2)S(=O)(=O)c2cc(C(F)F)ccc2F)cc1. The third-order valence-corrected chi connectivity index (χ3v) is 6.27. The predicted octanol–water partition coefficient (Wildman–Crippen LogP) is 4.62. The second-order valence-electron chi connectivity index (χ2n) is 5.70. The van der Waals surface area contributed by atoms with Gasteiger partial charge in [0.05, 0.1) is 19.2 Å². The molecule has 0 unspecified atom stereocenters. The first kappa shape index (κ1) is 20.2. The number of hydrogen-bond donors (Lipinski definition) is 0. The van der Waals surface area contributed by atoms with Crippen LogP contribution in [0.1, 0.15) is 17.6 Å². The van der Waals surface area contributed by atoms with Crippen LogP contribution < -0.4 is 9.04 Å². The quantitative estimate of drug-likeness (QED) is 0.551. The van der Waals surface area contributed by atoms with Crippen molar-refractivity contribution >= 4 is 27.2 Å². The van der Waals surface area contributed by atoms with Gasteiger partial charge < -0.3 is 4.74 Å². The predicted molar refractivity (Wildman–Crippen MR) is 99.8 cm³/mol. The maximum Gasteiger partial charge on any atom is 0.268 e. The molecule has 0 N–H and O–H groups in total. The number of hydrogen-bond acceptors (Lipinski definition) is 5. The Hall–Kier alpha value is -2.59. The van der Waals surface area contributed by atoms with Gasteiger partial charge in [-0.2, -0.15) is 0 Å². The number of aromatic nitrogens is 1. The van der Waals surface area contributed by atoms with Crippen LogP contribution in [0.4, 0.5) is 19.0 Å². The van der Waals surface area contributed by atoms with Crippen LogP contribution in [0.3, 0.4) is 0 Å². The third-order valence-electron chi connectivity index (χ3n) is 3.94. The Balaban J connectivity index is 2.06. The summed E-state index contributed by atoms with van der Waals surface area (Å²) in [6, 6.07) is 8.84. The smallest absolute Gasteiger partial charge is 0.268 e. The summed E-state index contributed by atoms with van der Waals surface area (Å²) < 4.78 is 72.5. The molecule has 0 aliphatic rings. The second kappa shape index (κ2) is 8.19. The van der Waals surface area contributed by atoms with Gasteiger partial charge in [0, 0.05) is 10.9 Å².